The number of benzene rings is 4. The van der Waals surface area contributed by atoms with Gasteiger partial charge in [-0.25, -0.2) is 9.59 Å². The van der Waals surface area contributed by atoms with Crippen molar-refractivity contribution in [3.8, 4) is 11.1 Å². The summed E-state index contributed by atoms with van der Waals surface area (Å²) in [5, 5.41) is 15.2. The highest BCUT2D eigenvalue weighted by atomic mass is 16.7. The summed E-state index contributed by atoms with van der Waals surface area (Å²) in [6, 6.07) is 32.2. The van der Waals surface area contributed by atoms with Crippen molar-refractivity contribution in [3.05, 3.63) is 144 Å². The minimum Gasteiger partial charge on any atom is -0.467 e. The van der Waals surface area contributed by atoms with Crippen LogP contribution in [-0.4, -0.2) is 61.4 Å². The molecule has 0 aromatic heterocycles. The molecule has 4 aromatic rings. The van der Waals surface area contributed by atoms with Crippen LogP contribution in [0.3, 0.4) is 0 Å². The number of aliphatic hydroxyl groups excluding tert-OH is 1. The summed E-state index contributed by atoms with van der Waals surface area (Å²) in [5.74, 6) is -0.434. The molecule has 50 heavy (non-hydrogen) atoms. The fraction of sp³-hybridized carbons (Fsp3) is 0.317. The zero-order valence-corrected chi connectivity index (χ0v) is 29.0. The summed E-state index contributed by atoms with van der Waals surface area (Å²) in [7, 11) is 3.37. The van der Waals surface area contributed by atoms with Crippen LogP contribution in [0, 0.1) is 5.92 Å². The quantitative estimate of drug-likeness (QED) is 0.106. The number of rotatable bonds is 14. The highest BCUT2D eigenvalue weighted by molar-refractivity contribution is 5.83. The van der Waals surface area contributed by atoms with Crippen LogP contribution in [0.25, 0.3) is 11.1 Å². The third-order valence-electron chi connectivity index (χ3n) is 9.00. The average Bonchev–Trinajstić information content (AvgIpc) is 3.15. The Morgan fingerprint density at radius 2 is 1.60 bits per heavy atom. The zero-order valence-electron chi connectivity index (χ0n) is 29.0. The average molecular weight is 678 g/mol. The van der Waals surface area contributed by atoms with E-state index in [2.05, 4.69) is 42.2 Å². The first-order chi connectivity index (χ1) is 24.3. The molecule has 0 saturated carbocycles. The summed E-state index contributed by atoms with van der Waals surface area (Å²) in [5.41, 5.74) is 6.57. The molecule has 1 fully saturated rings. The number of methoxy groups -OCH3 is 1. The third-order valence-corrected chi connectivity index (χ3v) is 9.00. The van der Waals surface area contributed by atoms with Gasteiger partial charge in [-0.3, -0.25) is 0 Å². The molecule has 0 aliphatic carbocycles. The maximum absolute atomic E-state index is 12.8. The molecular formula is C41H47N3O6. The van der Waals surface area contributed by atoms with Crippen LogP contribution in [-0.2, 0) is 38.6 Å². The lowest BCUT2D eigenvalue weighted by atomic mass is 9.90. The van der Waals surface area contributed by atoms with E-state index in [9.17, 15) is 14.7 Å². The Bertz CT molecular complexity index is 1710. The van der Waals surface area contributed by atoms with Gasteiger partial charge in [0.25, 0.3) is 0 Å². The second-order valence-electron chi connectivity index (χ2n) is 12.8. The van der Waals surface area contributed by atoms with Gasteiger partial charge in [-0.1, -0.05) is 104 Å². The van der Waals surface area contributed by atoms with E-state index >= 15 is 0 Å². The number of hydrogen-bond donors (Lipinski definition) is 3. The molecule has 1 heterocycles. The van der Waals surface area contributed by atoms with E-state index in [0.29, 0.717) is 13.0 Å². The number of aliphatic hydroxyl groups is 1. The van der Waals surface area contributed by atoms with Gasteiger partial charge in [-0.15, -0.1) is 6.58 Å². The number of nitrogens with zero attached hydrogens (tertiary/aromatic N) is 1. The van der Waals surface area contributed by atoms with E-state index in [1.165, 1.54) is 7.11 Å². The lowest BCUT2D eigenvalue weighted by molar-refractivity contribution is -0.275. The Morgan fingerprint density at radius 3 is 2.30 bits per heavy atom. The topological polar surface area (TPSA) is 109 Å². The number of amides is 2. The van der Waals surface area contributed by atoms with Crippen molar-refractivity contribution in [1.29, 1.82) is 0 Å². The van der Waals surface area contributed by atoms with Crippen molar-refractivity contribution in [2.75, 3.05) is 27.2 Å². The summed E-state index contributed by atoms with van der Waals surface area (Å²) < 4.78 is 18.3. The third kappa shape index (κ3) is 9.67. The Morgan fingerprint density at radius 1 is 0.900 bits per heavy atom. The Balaban J connectivity index is 1.29. The van der Waals surface area contributed by atoms with E-state index in [4.69, 9.17) is 14.2 Å². The van der Waals surface area contributed by atoms with Crippen LogP contribution in [0.4, 0.5) is 4.79 Å². The normalized spacial score (nSPS) is 19.4. The van der Waals surface area contributed by atoms with E-state index in [1.54, 1.807) is 0 Å². The van der Waals surface area contributed by atoms with Crippen molar-refractivity contribution >= 4 is 12.0 Å². The first-order valence-corrected chi connectivity index (χ1v) is 16.9. The first kappa shape index (κ1) is 36.5. The summed E-state index contributed by atoms with van der Waals surface area (Å²) in [6.07, 6.45) is 1.31. The molecule has 4 aromatic carbocycles. The number of hydrogen-bond acceptors (Lipinski definition) is 7. The lowest BCUT2D eigenvalue weighted by Crippen LogP contribution is -2.47. The molecule has 5 rings (SSSR count). The van der Waals surface area contributed by atoms with Gasteiger partial charge >= 0.3 is 12.0 Å². The summed E-state index contributed by atoms with van der Waals surface area (Å²) in [6.45, 7) is 7.76. The summed E-state index contributed by atoms with van der Waals surface area (Å²) in [4.78, 5) is 27.4. The van der Waals surface area contributed by atoms with Crippen LogP contribution in [0.5, 0.6) is 0 Å². The van der Waals surface area contributed by atoms with E-state index in [0.717, 1.165) is 45.5 Å². The molecule has 1 aliphatic rings. The highest BCUT2D eigenvalue weighted by Gasteiger charge is 2.38. The van der Waals surface area contributed by atoms with Gasteiger partial charge in [0, 0.05) is 37.5 Å². The molecular weight excluding hydrogens is 630 g/mol. The largest absolute Gasteiger partial charge is 0.467 e. The molecule has 0 spiro atoms. The van der Waals surface area contributed by atoms with Crippen molar-refractivity contribution in [1.82, 2.24) is 15.5 Å². The summed E-state index contributed by atoms with van der Waals surface area (Å²) >= 11 is 0. The molecule has 1 saturated heterocycles. The van der Waals surface area contributed by atoms with Gasteiger partial charge in [-0.2, -0.15) is 0 Å². The fourth-order valence-electron chi connectivity index (χ4n) is 6.23. The number of likely N-dealkylation sites (N-methyl/N-ethyl adjacent to an activating group) is 1. The minimum absolute atomic E-state index is 0.00999. The van der Waals surface area contributed by atoms with Gasteiger partial charge < -0.3 is 34.9 Å². The van der Waals surface area contributed by atoms with Crippen LogP contribution in [0.2, 0.25) is 0 Å². The van der Waals surface area contributed by atoms with Crippen molar-refractivity contribution in [2.24, 2.45) is 5.92 Å². The standard InChI is InChI=1S/C41H47N3O6/c1-5-21-44(3)26-37-28(2)38(32-19-17-30(27-45)18-20-32)50-40(49-37)35-16-10-15-34(24-35)33-14-9-13-31(22-33)25-42-41(47)43-36(39(46)48-4)23-29-11-7-6-8-12-29/h5-20,22,24,28,36-38,40,45H,1,21,23,25-27H2,2-4H3,(H2,42,43,47)/t28-,36-,37+,38+,40+/m0/s1. The molecule has 262 valence electrons. The number of carbonyl (C=O) groups excluding carboxylic acids is 2. The Kier molecular flexibility index (Phi) is 12.9. The molecule has 2 amide bonds. The van der Waals surface area contributed by atoms with Crippen LogP contribution < -0.4 is 10.6 Å². The Hall–Kier alpha value is -4.80. The van der Waals surface area contributed by atoms with Crippen molar-refractivity contribution in [3.63, 3.8) is 0 Å². The van der Waals surface area contributed by atoms with Crippen molar-refractivity contribution in [2.45, 2.75) is 51.0 Å². The number of ether oxygens (including phenoxy) is 3. The van der Waals surface area contributed by atoms with Crippen molar-refractivity contribution < 1.29 is 28.9 Å². The molecule has 0 radical (unpaired) electrons. The minimum atomic E-state index is -0.815. The molecule has 3 N–H and O–H groups in total. The molecule has 5 atom stereocenters. The molecule has 1 aliphatic heterocycles. The molecule has 9 heteroatoms. The van der Waals surface area contributed by atoms with Gasteiger partial charge in [0.15, 0.2) is 6.29 Å². The highest BCUT2D eigenvalue weighted by Crippen LogP contribution is 2.42. The smallest absolute Gasteiger partial charge is 0.328 e. The number of urea groups is 1. The van der Waals surface area contributed by atoms with E-state index in [1.807, 2.05) is 103 Å². The lowest BCUT2D eigenvalue weighted by Gasteiger charge is -2.42. The first-order valence-electron chi connectivity index (χ1n) is 16.9. The second kappa shape index (κ2) is 17.7. The number of nitrogens with one attached hydrogen (secondary N) is 2. The maximum atomic E-state index is 12.8. The fourth-order valence-corrected chi connectivity index (χ4v) is 6.23. The van der Waals surface area contributed by atoms with E-state index in [-0.39, 0.29) is 31.3 Å². The van der Waals surface area contributed by atoms with Gasteiger partial charge in [0.05, 0.1) is 25.9 Å². The van der Waals surface area contributed by atoms with Gasteiger partial charge in [-0.05, 0) is 52.6 Å². The monoisotopic (exact) mass is 677 g/mol. The SMILES string of the molecule is C=CCN(C)C[C@H]1O[C@@H](c2cccc(-c3cccc(CNC(=O)N[C@@H](Cc4ccccc4)C(=O)OC)c3)c2)O[C@@H](c2ccc(CO)cc2)[C@H]1C. The second-order valence-corrected chi connectivity index (χ2v) is 12.8. The number of esters is 1. The van der Waals surface area contributed by atoms with Crippen LogP contribution in [0.15, 0.2) is 116 Å². The van der Waals surface area contributed by atoms with Gasteiger partial charge in [0.1, 0.15) is 6.04 Å². The van der Waals surface area contributed by atoms with E-state index < -0.39 is 24.3 Å². The Labute approximate surface area is 294 Å². The molecule has 0 bridgehead atoms. The maximum Gasteiger partial charge on any atom is 0.328 e. The van der Waals surface area contributed by atoms with Crippen LogP contribution in [0.1, 0.15) is 47.1 Å². The van der Waals surface area contributed by atoms with Crippen LogP contribution >= 0.6 is 0 Å². The van der Waals surface area contributed by atoms with Gasteiger partial charge in [0.2, 0.25) is 0 Å². The zero-order chi connectivity index (χ0) is 35.5. The predicted octanol–water partition coefficient (Wildman–Crippen LogP) is 6.34. The predicted molar refractivity (Wildman–Crippen MR) is 194 cm³/mol. The number of carbonyl (C=O) groups is 2. The molecule has 0 unspecified atom stereocenters. The molecule has 9 nitrogen and oxygen atoms in total.